The zero-order valence-electron chi connectivity index (χ0n) is 31.6. The SMILES string of the molecule is C=CN(/C(=C(\C)c1ccccc1)c1c(C(=O)Nc2cc(C(=O)O)ccc2N2CCN(CC3CCCC3)CC2)[nH]c2cc(Cl)ccc12)C(C)c1ccc(Cl)cc1Cl. The van der Waals surface area contributed by atoms with Crippen molar-refractivity contribution in [1.82, 2.24) is 14.8 Å². The van der Waals surface area contributed by atoms with Crippen molar-refractivity contribution in [3.63, 3.8) is 0 Å². The lowest BCUT2D eigenvalue weighted by molar-refractivity contribution is 0.0696. The van der Waals surface area contributed by atoms with Crippen LogP contribution in [0.25, 0.3) is 22.2 Å². The number of aromatic carboxylic acids is 1. The van der Waals surface area contributed by atoms with E-state index < -0.39 is 11.9 Å². The smallest absolute Gasteiger partial charge is 0.335 e. The van der Waals surface area contributed by atoms with Crippen LogP contribution in [0.1, 0.15) is 83.1 Å². The molecule has 8 nitrogen and oxygen atoms in total. The Labute approximate surface area is 343 Å². The Balaban J connectivity index is 1.32. The van der Waals surface area contributed by atoms with E-state index in [4.69, 9.17) is 34.8 Å². The molecule has 2 fully saturated rings. The van der Waals surface area contributed by atoms with E-state index >= 15 is 0 Å². The molecule has 0 radical (unpaired) electrons. The number of halogens is 3. The van der Waals surface area contributed by atoms with Crippen LogP contribution < -0.4 is 10.2 Å². The summed E-state index contributed by atoms with van der Waals surface area (Å²) in [7, 11) is 0. The van der Waals surface area contributed by atoms with Gasteiger partial charge in [0, 0.05) is 64.3 Å². The van der Waals surface area contributed by atoms with Gasteiger partial charge in [-0.05, 0) is 98.0 Å². The third-order valence-corrected chi connectivity index (χ3v) is 12.1. The van der Waals surface area contributed by atoms with E-state index in [2.05, 4.69) is 26.7 Å². The molecule has 0 spiro atoms. The molecule has 1 aliphatic heterocycles. The van der Waals surface area contributed by atoms with Gasteiger partial charge in [0.15, 0.2) is 0 Å². The number of benzene rings is 4. The Kier molecular flexibility index (Phi) is 12.1. The highest BCUT2D eigenvalue weighted by molar-refractivity contribution is 6.35. The van der Waals surface area contributed by atoms with Gasteiger partial charge in [0.05, 0.1) is 28.7 Å². The number of carboxylic acids is 1. The number of allylic oxidation sites excluding steroid dienone is 1. The highest BCUT2D eigenvalue weighted by atomic mass is 35.5. The molecule has 1 amide bonds. The van der Waals surface area contributed by atoms with Gasteiger partial charge in [-0.25, -0.2) is 4.79 Å². The molecular formula is C45H46Cl3N5O3. The number of anilines is 2. The van der Waals surface area contributed by atoms with Crippen LogP contribution in [-0.4, -0.2) is 64.5 Å². The molecule has 5 aromatic rings. The molecule has 4 aromatic carbocycles. The molecule has 1 aromatic heterocycles. The highest BCUT2D eigenvalue weighted by Gasteiger charge is 2.30. The van der Waals surface area contributed by atoms with Gasteiger partial charge in [0.25, 0.3) is 5.91 Å². The monoisotopic (exact) mass is 809 g/mol. The second-order valence-corrected chi connectivity index (χ2v) is 16.0. The molecule has 11 heteroatoms. The average Bonchev–Trinajstić information content (AvgIpc) is 3.85. The maximum absolute atomic E-state index is 14.9. The Hall–Kier alpha value is -4.73. The van der Waals surface area contributed by atoms with Gasteiger partial charge in [-0.2, -0.15) is 0 Å². The number of hydrogen-bond donors (Lipinski definition) is 3. The number of rotatable bonds is 12. The summed E-state index contributed by atoms with van der Waals surface area (Å²) in [5.41, 5.74) is 6.23. The van der Waals surface area contributed by atoms with Gasteiger partial charge in [-0.1, -0.05) is 96.7 Å². The number of carbonyl (C=O) groups is 2. The van der Waals surface area contributed by atoms with Crippen molar-refractivity contribution >= 4 is 80.2 Å². The topological polar surface area (TPSA) is 91.9 Å². The van der Waals surface area contributed by atoms with Crippen molar-refractivity contribution in [2.45, 2.75) is 45.6 Å². The Morgan fingerprint density at radius 3 is 2.30 bits per heavy atom. The van der Waals surface area contributed by atoms with Crippen LogP contribution in [0.5, 0.6) is 0 Å². The number of carbonyl (C=O) groups excluding carboxylic acids is 1. The van der Waals surface area contributed by atoms with Crippen LogP contribution in [0.15, 0.2) is 97.7 Å². The molecule has 3 N–H and O–H groups in total. The summed E-state index contributed by atoms with van der Waals surface area (Å²) in [5, 5.41) is 15.5. The molecule has 7 rings (SSSR count). The number of nitrogens with zero attached hydrogens (tertiary/aromatic N) is 3. The van der Waals surface area contributed by atoms with Gasteiger partial charge in [-0.15, -0.1) is 0 Å². The van der Waals surface area contributed by atoms with Gasteiger partial charge in [0.1, 0.15) is 5.69 Å². The van der Waals surface area contributed by atoms with Crippen LogP contribution in [0.2, 0.25) is 15.1 Å². The first-order valence-electron chi connectivity index (χ1n) is 19.1. The standard InChI is InChI=1S/C45H46Cl3N5O3/c1-4-53(29(3)35-17-15-33(46)25-37(35)48)43(28(2)31-12-6-5-7-13-31)41-36-18-16-34(47)26-38(36)49-42(41)44(54)50-39-24-32(45(55)56)14-19-40(39)52-22-20-51(21-23-52)27-30-10-8-9-11-30/h4-7,12-19,24-26,29-30,49H,1,8-11,20-23,27H2,2-3H3,(H,50,54)(H,55,56)/b43-28+. The number of aromatic amines is 1. The number of carboxylic acid groups (broad SMARTS) is 1. The summed E-state index contributed by atoms with van der Waals surface area (Å²) in [4.78, 5) is 37.3. The zero-order chi connectivity index (χ0) is 39.5. The van der Waals surface area contributed by atoms with Gasteiger partial charge in [-0.3, -0.25) is 9.69 Å². The number of hydrogen-bond acceptors (Lipinski definition) is 5. The van der Waals surface area contributed by atoms with Crippen molar-refractivity contribution in [2.24, 2.45) is 5.92 Å². The minimum atomic E-state index is -1.07. The van der Waals surface area contributed by atoms with E-state index in [1.807, 2.05) is 61.2 Å². The third-order valence-electron chi connectivity index (χ3n) is 11.3. The third kappa shape index (κ3) is 8.35. The molecule has 1 saturated carbocycles. The van der Waals surface area contributed by atoms with Gasteiger partial charge < -0.3 is 25.2 Å². The Morgan fingerprint density at radius 1 is 0.929 bits per heavy atom. The summed E-state index contributed by atoms with van der Waals surface area (Å²) in [6.45, 7) is 12.7. The van der Waals surface area contributed by atoms with Crippen molar-refractivity contribution < 1.29 is 14.7 Å². The number of piperazine rings is 1. The summed E-state index contributed by atoms with van der Waals surface area (Å²) in [5.74, 6) is -0.746. The number of aromatic nitrogens is 1. The van der Waals surface area contributed by atoms with Gasteiger partial charge >= 0.3 is 5.97 Å². The number of fused-ring (bicyclic) bond motifs is 1. The molecule has 1 unspecified atom stereocenters. The first-order valence-corrected chi connectivity index (χ1v) is 20.3. The predicted molar refractivity (Wildman–Crippen MR) is 231 cm³/mol. The average molecular weight is 811 g/mol. The van der Waals surface area contributed by atoms with Crippen molar-refractivity contribution in [3.8, 4) is 0 Å². The summed E-state index contributed by atoms with van der Waals surface area (Å²) in [6.07, 6.45) is 6.98. The lowest BCUT2D eigenvalue weighted by atomic mass is 9.95. The van der Waals surface area contributed by atoms with E-state index in [-0.39, 0.29) is 17.3 Å². The molecule has 1 saturated heterocycles. The summed E-state index contributed by atoms with van der Waals surface area (Å²) in [6, 6.07) is 25.5. The maximum atomic E-state index is 14.9. The van der Waals surface area contributed by atoms with E-state index in [0.717, 1.165) is 72.1 Å². The fraction of sp³-hybridized carbons (Fsp3) is 0.289. The largest absolute Gasteiger partial charge is 0.478 e. The zero-order valence-corrected chi connectivity index (χ0v) is 33.9. The van der Waals surface area contributed by atoms with Gasteiger partial charge in [0.2, 0.25) is 0 Å². The van der Waals surface area contributed by atoms with Crippen LogP contribution in [0, 0.1) is 5.92 Å². The van der Waals surface area contributed by atoms with Crippen LogP contribution in [0.4, 0.5) is 11.4 Å². The Bertz CT molecular complexity index is 2290. The second-order valence-electron chi connectivity index (χ2n) is 14.8. The van der Waals surface area contributed by atoms with E-state index in [1.165, 1.54) is 25.7 Å². The van der Waals surface area contributed by atoms with Crippen LogP contribution in [-0.2, 0) is 0 Å². The number of amides is 1. The molecule has 2 heterocycles. The lowest BCUT2D eigenvalue weighted by Gasteiger charge is -2.38. The highest BCUT2D eigenvalue weighted by Crippen LogP contribution is 2.43. The first-order chi connectivity index (χ1) is 27.0. The number of H-pyrrole nitrogens is 1. The van der Waals surface area contributed by atoms with Crippen LogP contribution in [0.3, 0.4) is 0 Å². The second kappa shape index (κ2) is 17.2. The first kappa shape index (κ1) is 39.5. The van der Waals surface area contributed by atoms with Crippen molar-refractivity contribution in [1.29, 1.82) is 0 Å². The minimum absolute atomic E-state index is 0.0829. The Morgan fingerprint density at radius 2 is 1.62 bits per heavy atom. The molecule has 0 bridgehead atoms. The fourth-order valence-electron chi connectivity index (χ4n) is 8.31. The molecule has 1 aliphatic carbocycles. The molecule has 1 atom stereocenters. The number of nitrogens with one attached hydrogen (secondary N) is 2. The van der Waals surface area contributed by atoms with Crippen molar-refractivity contribution in [2.75, 3.05) is 42.9 Å². The molecule has 290 valence electrons. The molecule has 2 aliphatic rings. The van der Waals surface area contributed by atoms with E-state index in [9.17, 15) is 14.7 Å². The summed E-state index contributed by atoms with van der Waals surface area (Å²) < 4.78 is 0. The normalized spacial score (nSPS) is 16.1. The summed E-state index contributed by atoms with van der Waals surface area (Å²) >= 11 is 19.7. The molecule has 56 heavy (non-hydrogen) atoms. The maximum Gasteiger partial charge on any atom is 0.335 e. The fourth-order valence-corrected chi connectivity index (χ4v) is 9.05. The van der Waals surface area contributed by atoms with Crippen molar-refractivity contribution in [3.05, 3.63) is 141 Å². The lowest BCUT2D eigenvalue weighted by Crippen LogP contribution is -2.47. The van der Waals surface area contributed by atoms with E-state index in [1.54, 1.807) is 48.7 Å². The van der Waals surface area contributed by atoms with Crippen LogP contribution >= 0.6 is 34.8 Å². The molecular weight excluding hydrogens is 765 g/mol. The quantitative estimate of drug-likeness (QED) is 0.116. The predicted octanol–water partition coefficient (Wildman–Crippen LogP) is 11.5. The van der Waals surface area contributed by atoms with E-state index in [0.29, 0.717) is 31.8 Å². The minimum Gasteiger partial charge on any atom is -0.478 e.